The number of thiazole rings is 1. The molecule has 3 amide bonds. The highest BCUT2D eigenvalue weighted by molar-refractivity contribution is 7.14. The number of amides is 3. The number of nitrogens with zero attached hydrogens (tertiary/aromatic N) is 3. The van der Waals surface area contributed by atoms with E-state index in [-0.39, 0.29) is 24.7 Å². The van der Waals surface area contributed by atoms with Gasteiger partial charge in [0.1, 0.15) is 17.4 Å². The summed E-state index contributed by atoms with van der Waals surface area (Å²) >= 11 is 1.25. The molecule has 0 unspecified atom stereocenters. The van der Waals surface area contributed by atoms with Crippen molar-refractivity contribution in [2.24, 2.45) is 0 Å². The van der Waals surface area contributed by atoms with Gasteiger partial charge in [0.15, 0.2) is 5.13 Å². The van der Waals surface area contributed by atoms with Gasteiger partial charge in [0, 0.05) is 24.5 Å². The van der Waals surface area contributed by atoms with Crippen molar-refractivity contribution >= 4 is 34.1 Å². The summed E-state index contributed by atoms with van der Waals surface area (Å²) in [5.41, 5.74) is 0.406. The quantitative estimate of drug-likeness (QED) is 0.666. The number of carbonyl (C=O) groups is 2. The smallest absolute Gasteiger partial charge is 0.323 e. The summed E-state index contributed by atoms with van der Waals surface area (Å²) in [4.78, 5) is 31.8. The number of aromatic nitrogens is 1. The Morgan fingerprint density at radius 2 is 2.21 bits per heavy atom. The lowest BCUT2D eigenvalue weighted by atomic mass is 10.2. The van der Waals surface area contributed by atoms with Crippen LogP contribution in [-0.2, 0) is 17.8 Å². The first kappa shape index (κ1) is 19.1. The van der Waals surface area contributed by atoms with Gasteiger partial charge in [-0.1, -0.05) is 0 Å². The largest absolute Gasteiger partial charge is 0.467 e. The zero-order chi connectivity index (χ0) is 20.4. The molecule has 150 valence electrons. The van der Waals surface area contributed by atoms with Gasteiger partial charge in [0.2, 0.25) is 5.91 Å². The number of hydrogen-bond acceptors (Lipinski definition) is 5. The van der Waals surface area contributed by atoms with Crippen molar-refractivity contribution in [1.82, 2.24) is 10.3 Å². The van der Waals surface area contributed by atoms with Crippen molar-refractivity contribution in [3.63, 3.8) is 0 Å². The van der Waals surface area contributed by atoms with E-state index in [1.54, 1.807) is 17.5 Å². The number of benzene rings is 1. The fourth-order valence-corrected chi connectivity index (χ4v) is 3.82. The van der Waals surface area contributed by atoms with Crippen LogP contribution in [0.15, 0.2) is 46.4 Å². The molecule has 1 aromatic carbocycles. The summed E-state index contributed by atoms with van der Waals surface area (Å²) in [6, 6.07) is 6.12. The van der Waals surface area contributed by atoms with E-state index >= 15 is 0 Å². The zero-order valence-electron chi connectivity index (χ0n) is 15.1. The summed E-state index contributed by atoms with van der Waals surface area (Å²) in [5.74, 6) is -1.56. The molecule has 0 bridgehead atoms. The van der Waals surface area contributed by atoms with E-state index in [9.17, 15) is 18.4 Å². The molecule has 0 aliphatic carbocycles. The van der Waals surface area contributed by atoms with Gasteiger partial charge >= 0.3 is 6.03 Å². The molecule has 3 heterocycles. The Balaban J connectivity index is 1.56. The number of hydrogen-bond donors (Lipinski definition) is 1. The van der Waals surface area contributed by atoms with Crippen molar-refractivity contribution in [1.29, 1.82) is 0 Å². The maximum Gasteiger partial charge on any atom is 0.323 e. The standard InChI is InChI=1S/C19H16F2N4O3S/c20-12-3-4-16(15(21)8-12)25(10-14-2-1-7-28-14)17(26)9-13-11-29-19(23-13)24-6-5-22-18(24)27/h1-4,7-8,11H,5-6,9-10H2,(H,22,27). The second-order valence-electron chi connectivity index (χ2n) is 6.34. The van der Waals surface area contributed by atoms with E-state index in [0.717, 1.165) is 12.1 Å². The predicted molar refractivity (Wildman–Crippen MR) is 103 cm³/mol. The second-order valence-corrected chi connectivity index (χ2v) is 7.17. The molecular formula is C19H16F2N4O3S. The van der Waals surface area contributed by atoms with E-state index in [1.807, 2.05) is 0 Å². The zero-order valence-corrected chi connectivity index (χ0v) is 15.9. The van der Waals surface area contributed by atoms with Gasteiger partial charge in [-0.3, -0.25) is 9.69 Å². The Bertz CT molecular complexity index is 1040. The van der Waals surface area contributed by atoms with Crippen LogP contribution in [0.2, 0.25) is 0 Å². The first-order chi connectivity index (χ1) is 14.0. The summed E-state index contributed by atoms with van der Waals surface area (Å²) in [6.07, 6.45) is 1.34. The van der Waals surface area contributed by atoms with Crippen LogP contribution in [0.3, 0.4) is 0 Å². The molecule has 4 rings (SSSR count). The second kappa shape index (κ2) is 8.00. The molecule has 1 fully saturated rings. The highest BCUT2D eigenvalue weighted by atomic mass is 32.1. The van der Waals surface area contributed by atoms with Crippen LogP contribution in [-0.4, -0.2) is 30.0 Å². The summed E-state index contributed by atoms with van der Waals surface area (Å²) in [5, 5.41) is 4.87. The van der Waals surface area contributed by atoms with E-state index in [1.165, 1.54) is 33.5 Å². The van der Waals surface area contributed by atoms with E-state index in [4.69, 9.17) is 4.42 Å². The number of halogens is 2. The highest BCUT2D eigenvalue weighted by Crippen LogP contribution is 2.26. The molecule has 7 nitrogen and oxygen atoms in total. The normalized spacial score (nSPS) is 13.6. The third-order valence-electron chi connectivity index (χ3n) is 4.36. The molecule has 2 aromatic heterocycles. The SMILES string of the molecule is O=C1NCCN1c1nc(CC(=O)N(Cc2ccco2)c2ccc(F)cc2F)cs1. The van der Waals surface area contributed by atoms with Crippen LogP contribution in [0.5, 0.6) is 0 Å². The highest BCUT2D eigenvalue weighted by Gasteiger charge is 2.26. The van der Waals surface area contributed by atoms with Crippen LogP contribution >= 0.6 is 11.3 Å². The monoisotopic (exact) mass is 418 g/mol. The molecule has 10 heteroatoms. The fraction of sp³-hybridized carbons (Fsp3) is 0.211. The number of nitrogens with one attached hydrogen (secondary N) is 1. The molecule has 0 saturated carbocycles. The first-order valence-corrected chi connectivity index (χ1v) is 9.67. The van der Waals surface area contributed by atoms with Crippen molar-refractivity contribution in [3.8, 4) is 0 Å². The molecule has 1 saturated heterocycles. The van der Waals surface area contributed by atoms with Gasteiger partial charge in [-0.05, 0) is 24.3 Å². The van der Waals surface area contributed by atoms with E-state index in [0.29, 0.717) is 29.7 Å². The minimum absolute atomic E-state index is 0.0140. The van der Waals surface area contributed by atoms with Crippen molar-refractivity contribution in [2.45, 2.75) is 13.0 Å². The molecule has 0 spiro atoms. The van der Waals surface area contributed by atoms with Crippen molar-refractivity contribution in [2.75, 3.05) is 22.9 Å². The fourth-order valence-electron chi connectivity index (χ4n) is 2.97. The van der Waals surface area contributed by atoms with Crippen LogP contribution < -0.4 is 15.1 Å². The van der Waals surface area contributed by atoms with Crippen LogP contribution in [0.4, 0.5) is 24.4 Å². The van der Waals surface area contributed by atoms with Crippen molar-refractivity contribution in [3.05, 3.63) is 65.1 Å². The number of rotatable bonds is 6. The van der Waals surface area contributed by atoms with Gasteiger partial charge in [-0.2, -0.15) is 0 Å². The van der Waals surface area contributed by atoms with Crippen LogP contribution in [0.1, 0.15) is 11.5 Å². The molecular weight excluding hydrogens is 402 g/mol. The van der Waals surface area contributed by atoms with Crippen LogP contribution in [0, 0.1) is 11.6 Å². The van der Waals surface area contributed by atoms with Gasteiger partial charge in [0.25, 0.3) is 0 Å². The van der Waals surface area contributed by atoms with Crippen LogP contribution in [0.25, 0.3) is 0 Å². The Labute approximate surface area is 168 Å². The molecule has 29 heavy (non-hydrogen) atoms. The van der Waals surface area contributed by atoms with Gasteiger partial charge in [0.05, 0.1) is 30.6 Å². The lowest BCUT2D eigenvalue weighted by molar-refractivity contribution is -0.118. The Morgan fingerprint density at radius 1 is 1.34 bits per heavy atom. The molecule has 1 aliphatic rings. The van der Waals surface area contributed by atoms with Gasteiger partial charge in [-0.15, -0.1) is 11.3 Å². The third kappa shape index (κ3) is 4.11. The van der Waals surface area contributed by atoms with Gasteiger partial charge in [-0.25, -0.2) is 18.6 Å². The average Bonchev–Trinajstić information content (AvgIpc) is 3.42. The van der Waals surface area contributed by atoms with Gasteiger partial charge < -0.3 is 14.6 Å². The molecule has 1 N–H and O–H groups in total. The topological polar surface area (TPSA) is 78.7 Å². The third-order valence-corrected chi connectivity index (χ3v) is 5.27. The molecule has 1 aliphatic heterocycles. The lowest BCUT2D eigenvalue weighted by Crippen LogP contribution is -2.32. The number of urea groups is 1. The Hall–Kier alpha value is -3.27. The number of carbonyl (C=O) groups excluding carboxylic acids is 2. The van der Waals surface area contributed by atoms with E-state index < -0.39 is 17.5 Å². The minimum atomic E-state index is -0.849. The predicted octanol–water partition coefficient (Wildman–Crippen LogP) is 3.32. The lowest BCUT2D eigenvalue weighted by Gasteiger charge is -2.22. The summed E-state index contributed by atoms with van der Waals surface area (Å²) in [6.45, 7) is 1.03. The number of anilines is 2. The Kier molecular flexibility index (Phi) is 5.26. The average molecular weight is 418 g/mol. The number of furan rings is 1. The molecule has 3 aromatic rings. The van der Waals surface area contributed by atoms with E-state index in [2.05, 4.69) is 10.3 Å². The maximum atomic E-state index is 14.4. The van der Waals surface area contributed by atoms with Crippen molar-refractivity contribution < 1.29 is 22.8 Å². The summed E-state index contributed by atoms with van der Waals surface area (Å²) in [7, 11) is 0. The first-order valence-electron chi connectivity index (χ1n) is 8.79. The maximum absolute atomic E-state index is 14.4. The Morgan fingerprint density at radius 3 is 2.90 bits per heavy atom. The summed E-state index contributed by atoms with van der Waals surface area (Å²) < 4.78 is 32.9. The minimum Gasteiger partial charge on any atom is -0.467 e. The molecule has 0 radical (unpaired) electrons. The molecule has 0 atom stereocenters.